The van der Waals surface area contributed by atoms with Crippen molar-refractivity contribution in [2.24, 2.45) is 0 Å². The number of hydrogen-bond donors (Lipinski definition) is 0. The zero-order valence-corrected chi connectivity index (χ0v) is 14.5. The van der Waals surface area contributed by atoms with Gasteiger partial charge in [0.25, 0.3) is 0 Å². The molecule has 0 saturated heterocycles. The summed E-state index contributed by atoms with van der Waals surface area (Å²) in [5, 5.41) is 0.125. The van der Waals surface area contributed by atoms with Crippen molar-refractivity contribution in [2.75, 3.05) is 14.1 Å². The van der Waals surface area contributed by atoms with Crippen molar-refractivity contribution >= 4 is 27.6 Å². The van der Waals surface area contributed by atoms with E-state index >= 15 is 0 Å². The fourth-order valence-electron chi connectivity index (χ4n) is 1.80. The summed E-state index contributed by atoms with van der Waals surface area (Å²) >= 11 is 6.00. The van der Waals surface area contributed by atoms with Crippen LogP contribution in [0.25, 0.3) is 0 Å². The fourth-order valence-corrected chi connectivity index (χ4v) is 2.92. The highest BCUT2D eigenvalue weighted by Crippen LogP contribution is 2.24. The summed E-state index contributed by atoms with van der Waals surface area (Å²) in [6.07, 6.45) is 0. The highest BCUT2D eigenvalue weighted by molar-refractivity contribution is 7.89. The van der Waals surface area contributed by atoms with Crippen LogP contribution in [0.2, 0.25) is 5.02 Å². The number of carbonyl (C=O) groups excluding carboxylic acids is 1. The molecule has 0 fully saturated rings. The predicted molar refractivity (Wildman–Crippen MR) is 88.5 cm³/mol. The summed E-state index contributed by atoms with van der Waals surface area (Å²) in [6.45, 7) is 1.91. The van der Waals surface area contributed by atoms with Crippen LogP contribution in [0, 0.1) is 6.92 Å². The van der Waals surface area contributed by atoms with Gasteiger partial charge in [0.1, 0.15) is 5.75 Å². The molecule has 0 aliphatic heterocycles. The Balaban J connectivity index is 2.35. The minimum absolute atomic E-state index is 0.00448. The van der Waals surface area contributed by atoms with Crippen molar-refractivity contribution in [3.63, 3.8) is 0 Å². The molecule has 5 nitrogen and oxygen atoms in total. The fraction of sp³-hybridized carbons (Fsp3) is 0.188. The lowest BCUT2D eigenvalue weighted by Crippen LogP contribution is -2.22. The van der Waals surface area contributed by atoms with Crippen LogP contribution in [0.5, 0.6) is 5.75 Å². The molecule has 0 spiro atoms. The molecule has 0 unspecified atom stereocenters. The van der Waals surface area contributed by atoms with Gasteiger partial charge in [0.2, 0.25) is 10.0 Å². The Labute approximate surface area is 140 Å². The van der Waals surface area contributed by atoms with Crippen molar-refractivity contribution < 1.29 is 17.9 Å². The zero-order chi connectivity index (χ0) is 17.2. The molecule has 0 aliphatic rings. The molecular formula is C16H16ClNO4S. The Hall–Kier alpha value is -1.89. The average molecular weight is 354 g/mol. The summed E-state index contributed by atoms with van der Waals surface area (Å²) in [6, 6.07) is 10.8. The molecule has 0 aliphatic carbocycles. The third-order valence-corrected chi connectivity index (χ3v) is 5.31. The molecule has 0 amide bonds. The molecule has 7 heteroatoms. The molecule has 2 aromatic carbocycles. The van der Waals surface area contributed by atoms with E-state index in [9.17, 15) is 13.2 Å². The van der Waals surface area contributed by atoms with Gasteiger partial charge in [-0.2, -0.15) is 0 Å². The molecule has 0 bridgehead atoms. The Kier molecular flexibility index (Phi) is 5.09. The molecule has 0 radical (unpaired) electrons. The molecule has 0 N–H and O–H groups in total. The van der Waals surface area contributed by atoms with Gasteiger partial charge in [-0.3, -0.25) is 0 Å². The van der Waals surface area contributed by atoms with Crippen LogP contribution in [0.1, 0.15) is 15.9 Å². The normalized spacial score (nSPS) is 11.5. The number of rotatable bonds is 4. The van der Waals surface area contributed by atoms with Crippen molar-refractivity contribution in [2.45, 2.75) is 11.8 Å². The highest BCUT2D eigenvalue weighted by atomic mass is 35.5. The Morgan fingerprint density at radius 3 is 2.26 bits per heavy atom. The predicted octanol–water partition coefficient (Wildman–Crippen LogP) is 3.12. The molecule has 0 heterocycles. The SMILES string of the molecule is Cc1ccc(OC(=O)c2cc(S(=O)(=O)N(C)C)ccc2Cl)cc1. The molecule has 0 saturated carbocycles. The van der Waals surface area contributed by atoms with Crippen LogP contribution in [-0.4, -0.2) is 32.8 Å². The number of carbonyl (C=O) groups is 1. The quantitative estimate of drug-likeness (QED) is 0.625. The second-order valence-corrected chi connectivity index (χ2v) is 7.69. The first-order chi connectivity index (χ1) is 10.7. The zero-order valence-electron chi connectivity index (χ0n) is 12.9. The number of halogens is 1. The summed E-state index contributed by atoms with van der Waals surface area (Å²) in [5.41, 5.74) is 1.03. The maximum absolute atomic E-state index is 12.3. The van der Waals surface area contributed by atoms with Gasteiger partial charge in [-0.25, -0.2) is 17.5 Å². The molecule has 0 atom stereocenters. The lowest BCUT2D eigenvalue weighted by molar-refractivity contribution is 0.0734. The van der Waals surface area contributed by atoms with Gasteiger partial charge >= 0.3 is 5.97 Å². The average Bonchev–Trinajstić information content (AvgIpc) is 2.49. The Morgan fingerprint density at radius 2 is 1.70 bits per heavy atom. The van der Waals surface area contributed by atoms with Crippen LogP contribution in [0.3, 0.4) is 0 Å². The molecular weight excluding hydrogens is 338 g/mol. The van der Waals surface area contributed by atoms with Gasteiger partial charge in [-0.15, -0.1) is 0 Å². The maximum Gasteiger partial charge on any atom is 0.345 e. The number of ether oxygens (including phenoxy) is 1. The van der Waals surface area contributed by atoms with Gasteiger partial charge in [0.15, 0.2) is 0 Å². The number of nitrogens with zero attached hydrogens (tertiary/aromatic N) is 1. The number of hydrogen-bond acceptors (Lipinski definition) is 4. The standard InChI is InChI=1S/C16H16ClNO4S/c1-11-4-6-12(7-5-11)22-16(19)14-10-13(8-9-15(14)17)23(20,21)18(2)3/h4-10H,1-3H3. The number of aryl methyl sites for hydroxylation is 1. The summed E-state index contributed by atoms with van der Waals surface area (Å²) in [7, 11) is -0.839. The Morgan fingerprint density at radius 1 is 1.09 bits per heavy atom. The minimum atomic E-state index is -3.66. The van der Waals surface area contributed by atoms with E-state index in [1.54, 1.807) is 24.3 Å². The second kappa shape index (κ2) is 6.70. The third kappa shape index (κ3) is 3.90. The van der Waals surface area contributed by atoms with E-state index in [1.165, 1.54) is 32.3 Å². The molecule has 2 aromatic rings. The number of sulfonamides is 1. The van der Waals surface area contributed by atoms with Crippen molar-refractivity contribution in [1.82, 2.24) is 4.31 Å². The monoisotopic (exact) mass is 353 g/mol. The van der Waals surface area contributed by atoms with Crippen LogP contribution >= 0.6 is 11.6 Å². The van der Waals surface area contributed by atoms with E-state index in [-0.39, 0.29) is 15.5 Å². The van der Waals surface area contributed by atoms with Gasteiger partial charge in [-0.1, -0.05) is 29.3 Å². The summed E-state index contributed by atoms with van der Waals surface area (Å²) in [5.74, 6) is -0.354. The lowest BCUT2D eigenvalue weighted by Gasteiger charge is -2.13. The van der Waals surface area contributed by atoms with Crippen LogP contribution in [0.15, 0.2) is 47.4 Å². The first-order valence-corrected chi connectivity index (χ1v) is 8.54. The molecule has 0 aromatic heterocycles. The van der Waals surface area contributed by atoms with E-state index in [1.807, 2.05) is 6.92 Å². The number of benzene rings is 2. The van der Waals surface area contributed by atoms with Crippen LogP contribution in [0.4, 0.5) is 0 Å². The molecule has 122 valence electrons. The second-order valence-electron chi connectivity index (χ2n) is 5.13. The molecule has 23 heavy (non-hydrogen) atoms. The summed E-state index contributed by atoms with van der Waals surface area (Å²) < 4.78 is 30.6. The highest BCUT2D eigenvalue weighted by Gasteiger charge is 2.21. The Bertz CT molecular complexity index is 830. The van der Waals surface area contributed by atoms with Gasteiger partial charge < -0.3 is 4.74 Å². The maximum atomic E-state index is 12.3. The topological polar surface area (TPSA) is 63.7 Å². The largest absolute Gasteiger partial charge is 0.423 e. The van der Waals surface area contributed by atoms with E-state index in [0.717, 1.165) is 9.87 Å². The van der Waals surface area contributed by atoms with Gasteiger partial charge in [0, 0.05) is 14.1 Å². The van der Waals surface area contributed by atoms with Crippen molar-refractivity contribution in [1.29, 1.82) is 0 Å². The van der Waals surface area contributed by atoms with Crippen molar-refractivity contribution in [3.05, 3.63) is 58.6 Å². The van der Waals surface area contributed by atoms with E-state index < -0.39 is 16.0 Å². The number of esters is 1. The van der Waals surface area contributed by atoms with Gasteiger partial charge in [0.05, 0.1) is 15.5 Å². The first kappa shape index (κ1) is 17.5. The molecule has 2 rings (SSSR count). The van der Waals surface area contributed by atoms with Crippen LogP contribution in [-0.2, 0) is 10.0 Å². The minimum Gasteiger partial charge on any atom is -0.423 e. The van der Waals surface area contributed by atoms with E-state index in [2.05, 4.69) is 0 Å². The van der Waals surface area contributed by atoms with Gasteiger partial charge in [-0.05, 0) is 37.3 Å². The van der Waals surface area contributed by atoms with Crippen molar-refractivity contribution in [3.8, 4) is 5.75 Å². The third-order valence-electron chi connectivity index (χ3n) is 3.17. The summed E-state index contributed by atoms with van der Waals surface area (Å²) in [4.78, 5) is 12.2. The van der Waals surface area contributed by atoms with Crippen LogP contribution < -0.4 is 4.74 Å². The lowest BCUT2D eigenvalue weighted by atomic mass is 10.2. The van der Waals surface area contributed by atoms with E-state index in [0.29, 0.717) is 5.75 Å². The first-order valence-electron chi connectivity index (χ1n) is 6.73. The van der Waals surface area contributed by atoms with E-state index in [4.69, 9.17) is 16.3 Å². The smallest absolute Gasteiger partial charge is 0.345 e.